The molecule has 3 aliphatic heterocycles. The molecule has 1 aromatic heterocycles. The number of fused-ring (bicyclic) bond motifs is 3. The van der Waals surface area contributed by atoms with Crippen molar-refractivity contribution in [1.29, 1.82) is 0 Å². The van der Waals surface area contributed by atoms with E-state index in [0.29, 0.717) is 24.0 Å². The van der Waals surface area contributed by atoms with Crippen LogP contribution < -0.4 is 9.47 Å². The fraction of sp³-hybridized carbons (Fsp3) is 0.571. The summed E-state index contributed by atoms with van der Waals surface area (Å²) in [6, 6.07) is 4.43. The number of nitrogens with zero attached hydrogens (tertiary/aromatic N) is 2. The summed E-state index contributed by atoms with van der Waals surface area (Å²) in [6.45, 7) is 4.48. The summed E-state index contributed by atoms with van der Waals surface area (Å²) in [4.78, 5) is 16.0. The molecule has 0 saturated carbocycles. The van der Waals surface area contributed by atoms with Gasteiger partial charge in [0.1, 0.15) is 5.52 Å². The van der Waals surface area contributed by atoms with E-state index in [4.69, 9.17) is 9.47 Å². The Kier molecular flexibility index (Phi) is 3.42. The van der Waals surface area contributed by atoms with Crippen molar-refractivity contribution in [1.82, 2.24) is 9.47 Å². The quantitative estimate of drug-likeness (QED) is 0.841. The lowest BCUT2D eigenvalue weighted by Crippen LogP contribution is -2.53. The van der Waals surface area contributed by atoms with Crippen molar-refractivity contribution < 1.29 is 14.3 Å². The van der Waals surface area contributed by atoms with Crippen molar-refractivity contribution in [2.24, 2.45) is 5.41 Å². The van der Waals surface area contributed by atoms with Gasteiger partial charge in [-0.05, 0) is 49.9 Å². The van der Waals surface area contributed by atoms with E-state index in [9.17, 15) is 4.79 Å². The van der Waals surface area contributed by atoms with Crippen LogP contribution in [0.4, 0.5) is 0 Å². The number of methoxy groups -OCH3 is 2. The largest absolute Gasteiger partial charge is 0.493 e. The van der Waals surface area contributed by atoms with Crippen LogP contribution in [0.1, 0.15) is 54.7 Å². The molecule has 2 atom stereocenters. The van der Waals surface area contributed by atoms with E-state index in [1.807, 2.05) is 10.6 Å². The topological polar surface area (TPSA) is 43.7 Å². The van der Waals surface area contributed by atoms with Gasteiger partial charge in [-0.15, -0.1) is 0 Å². The fourth-order valence-corrected chi connectivity index (χ4v) is 5.89. The summed E-state index contributed by atoms with van der Waals surface area (Å²) in [5.74, 6) is 1.58. The molecule has 2 unspecified atom stereocenters. The number of aromatic nitrogens is 1. The third kappa shape index (κ3) is 1.82. The molecule has 0 bridgehead atoms. The third-order valence-electron chi connectivity index (χ3n) is 7.05. The molecule has 0 radical (unpaired) electrons. The number of benzene rings is 1. The van der Waals surface area contributed by atoms with E-state index in [2.05, 4.69) is 17.9 Å². The Balaban J connectivity index is 1.88. The highest BCUT2D eigenvalue weighted by molar-refractivity contribution is 6.01. The maximum atomic E-state index is 13.4. The van der Waals surface area contributed by atoms with Gasteiger partial charge in [0, 0.05) is 29.5 Å². The fourth-order valence-electron chi connectivity index (χ4n) is 5.89. The highest BCUT2D eigenvalue weighted by Gasteiger charge is 2.53. The van der Waals surface area contributed by atoms with Crippen LogP contribution in [0.5, 0.6) is 11.5 Å². The minimum atomic E-state index is 0.0895. The van der Waals surface area contributed by atoms with Gasteiger partial charge in [-0.3, -0.25) is 14.3 Å². The van der Waals surface area contributed by atoms with Gasteiger partial charge < -0.3 is 9.47 Å². The van der Waals surface area contributed by atoms with Crippen LogP contribution in [0.15, 0.2) is 12.1 Å². The first kappa shape index (κ1) is 16.2. The predicted molar refractivity (Wildman–Crippen MR) is 100 cm³/mol. The van der Waals surface area contributed by atoms with Gasteiger partial charge in [0.2, 0.25) is 5.91 Å². The first-order valence-electron chi connectivity index (χ1n) is 9.70. The highest BCUT2D eigenvalue weighted by Crippen LogP contribution is 2.58. The van der Waals surface area contributed by atoms with Crippen LogP contribution in [-0.2, 0) is 6.42 Å². The summed E-state index contributed by atoms with van der Waals surface area (Å²) >= 11 is 0. The van der Waals surface area contributed by atoms with Gasteiger partial charge in [-0.25, -0.2) is 0 Å². The lowest BCUT2D eigenvalue weighted by Gasteiger charge is -2.54. The van der Waals surface area contributed by atoms with E-state index in [0.717, 1.165) is 43.3 Å². The van der Waals surface area contributed by atoms with E-state index < -0.39 is 0 Å². The van der Waals surface area contributed by atoms with Crippen molar-refractivity contribution >= 4 is 16.8 Å². The van der Waals surface area contributed by atoms with Gasteiger partial charge in [-0.1, -0.05) is 6.92 Å². The molecule has 138 valence electrons. The third-order valence-corrected chi connectivity index (χ3v) is 7.05. The molecular weight excluding hydrogens is 328 g/mol. The summed E-state index contributed by atoms with van der Waals surface area (Å²) in [6.07, 6.45) is 5.03. The van der Waals surface area contributed by atoms with Crippen molar-refractivity contribution in [2.75, 3.05) is 27.3 Å². The first-order chi connectivity index (χ1) is 12.6. The zero-order chi connectivity index (χ0) is 18.1. The summed E-state index contributed by atoms with van der Waals surface area (Å²) in [5.41, 5.74) is 3.57. The zero-order valence-electron chi connectivity index (χ0n) is 15.8. The summed E-state index contributed by atoms with van der Waals surface area (Å²) in [5, 5.41) is 1.16. The molecule has 5 nitrogen and oxygen atoms in total. The van der Waals surface area contributed by atoms with Crippen LogP contribution >= 0.6 is 0 Å². The van der Waals surface area contributed by atoms with Crippen LogP contribution in [0, 0.1) is 5.41 Å². The molecule has 26 heavy (non-hydrogen) atoms. The number of carbonyl (C=O) groups is 1. The Bertz CT molecular complexity index is 916. The first-order valence-corrected chi connectivity index (χ1v) is 9.70. The number of ether oxygens (including phenoxy) is 2. The molecule has 1 aromatic carbocycles. The summed E-state index contributed by atoms with van der Waals surface area (Å²) in [7, 11) is 3.31. The van der Waals surface area contributed by atoms with E-state index in [1.54, 1.807) is 14.2 Å². The molecule has 5 rings (SSSR count). The van der Waals surface area contributed by atoms with Gasteiger partial charge in [-0.2, -0.15) is 0 Å². The summed E-state index contributed by atoms with van der Waals surface area (Å²) < 4.78 is 13.2. The number of carbonyl (C=O) groups excluding carboxylic acids is 1. The van der Waals surface area contributed by atoms with Gasteiger partial charge >= 0.3 is 0 Å². The smallest absolute Gasteiger partial charge is 0.232 e. The average Bonchev–Trinajstić information content (AvgIpc) is 3.01. The van der Waals surface area contributed by atoms with Crippen LogP contribution in [0.2, 0.25) is 0 Å². The maximum absolute atomic E-state index is 13.4. The van der Waals surface area contributed by atoms with Crippen LogP contribution in [0.25, 0.3) is 10.9 Å². The van der Waals surface area contributed by atoms with Gasteiger partial charge in [0.15, 0.2) is 11.5 Å². The monoisotopic (exact) mass is 354 g/mol. The van der Waals surface area contributed by atoms with Crippen molar-refractivity contribution in [2.45, 2.75) is 45.1 Å². The molecular formula is C21H26N2O3. The molecule has 3 aliphatic rings. The second kappa shape index (κ2) is 5.49. The lowest BCUT2D eigenvalue weighted by molar-refractivity contribution is -0.0174. The standard InChI is InChI=1S/C21H26N2O3/c1-4-21-9-5-10-22-11-8-14-13-6-7-15(25-2)19(26-3)17(13)23(16(24)12-21)18(14)20(21)22/h6-7,20H,4-5,8-12H2,1-3H3. The molecule has 1 saturated heterocycles. The molecule has 1 fully saturated rings. The van der Waals surface area contributed by atoms with E-state index >= 15 is 0 Å². The molecule has 0 spiro atoms. The average molecular weight is 354 g/mol. The maximum Gasteiger partial charge on any atom is 0.232 e. The molecule has 0 amide bonds. The Hall–Kier alpha value is -2.01. The number of hydrogen-bond acceptors (Lipinski definition) is 4. The van der Waals surface area contributed by atoms with Gasteiger partial charge in [0.25, 0.3) is 0 Å². The Labute approximate surface area is 153 Å². The Morgan fingerprint density at radius 3 is 2.81 bits per heavy atom. The minimum absolute atomic E-state index is 0.0895. The number of hydrogen-bond donors (Lipinski definition) is 0. The Morgan fingerprint density at radius 1 is 1.23 bits per heavy atom. The lowest BCUT2D eigenvalue weighted by atomic mass is 9.64. The highest BCUT2D eigenvalue weighted by atomic mass is 16.5. The number of piperidine rings is 1. The van der Waals surface area contributed by atoms with Gasteiger partial charge in [0.05, 0.1) is 20.3 Å². The Morgan fingerprint density at radius 2 is 2.08 bits per heavy atom. The molecule has 0 N–H and O–H groups in total. The van der Waals surface area contributed by atoms with E-state index in [-0.39, 0.29) is 11.3 Å². The normalized spacial score (nSPS) is 27.5. The van der Waals surface area contributed by atoms with Crippen molar-refractivity contribution in [3.05, 3.63) is 23.4 Å². The van der Waals surface area contributed by atoms with Crippen molar-refractivity contribution in [3.8, 4) is 11.5 Å². The van der Waals surface area contributed by atoms with Crippen LogP contribution in [-0.4, -0.2) is 42.7 Å². The molecule has 0 aliphatic carbocycles. The van der Waals surface area contributed by atoms with Crippen molar-refractivity contribution in [3.63, 3.8) is 0 Å². The van der Waals surface area contributed by atoms with E-state index in [1.165, 1.54) is 17.7 Å². The molecule has 4 heterocycles. The minimum Gasteiger partial charge on any atom is -0.493 e. The SMILES string of the molecule is CCC12CCCN3CCc4c(n(c5c(OC)c(OC)ccc45)C(=O)C1)C32. The molecule has 2 aromatic rings. The zero-order valence-corrected chi connectivity index (χ0v) is 15.8. The second-order valence-electron chi connectivity index (χ2n) is 7.97. The van der Waals surface area contributed by atoms with Crippen LogP contribution in [0.3, 0.4) is 0 Å². The second-order valence-corrected chi connectivity index (χ2v) is 7.97. The number of rotatable bonds is 3. The predicted octanol–water partition coefficient (Wildman–Crippen LogP) is 3.79. The molecule has 5 heteroatoms.